The van der Waals surface area contributed by atoms with Crippen LogP contribution in [0, 0.1) is 5.82 Å². The molecule has 180 valence electrons. The van der Waals surface area contributed by atoms with Crippen LogP contribution >= 0.6 is 24.2 Å². The number of piperidine rings is 1. The lowest BCUT2D eigenvalue weighted by Crippen LogP contribution is -2.45. The Morgan fingerprint density at radius 2 is 2.03 bits per heavy atom. The minimum absolute atomic E-state index is 0. The highest BCUT2D eigenvalue weighted by Gasteiger charge is 2.28. The molecule has 6 heterocycles. The highest BCUT2D eigenvalue weighted by molar-refractivity contribution is 7.99. The Balaban J connectivity index is 0.00000241. The number of hydrogen-bond acceptors (Lipinski definition) is 7. The summed E-state index contributed by atoms with van der Waals surface area (Å²) < 4.78 is 21.6. The van der Waals surface area contributed by atoms with Crippen molar-refractivity contribution in [2.45, 2.75) is 49.2 Å². The van der Waals surface area contributed by atoms with E-state index in [0.717, 1.165) is 56.9 Å². The summed E-state index contributed by atoms with van der Waals surface area (Å²) in [6.45, 7) is 3.53. The molecule has 0 saturated carbocycles. The van der Waals surface area contributed by atoms with Crippen LogP contribution in [0.4, 0.5) is 4.39 Å². The van der Waals surface area contributed by atoms with Crippen molar-refractivity contribution in [1.82, 2.24) is 24.8 Å². The molecule has 0 bridgehead atoms. The zero-order valence-electron chi connectivity index (χ0n) is 18.7. The summed E-state index contributed by atoms with van der Waals surface area (Å²) in [5, 5.41) is 3.65. The van der Waals surface area contributed by atoms with Crippen LogP contribution < -0.4 is 15.6 Å². The van der Waals surface area contributed by atoms with Gasteiger partial charge in [0.25, 0.3) is 5.56 Å². The van der Waals surface area contributed by atoms with E-state index in [1.807, 2.05) is 6.20 Å². The molecule has 6 rings (SSSR count). The first-order chi connectivity index (χ1) is 16.2. The van der Waals surface area contributed by atoms with Crippen molar-refractivity contribution in [3.8, 4) is 5.75 Å². The van der Waals surface area contributed by atoms with E-state index >= 15 is 0 Å². The third kappa shape index (κ3) is 4.42. The minimum Gasteiger partial charge on any atom is -0.480 e. The first-order valence-corrected chi connectivity index (χ1v) is 12.5. The summed E-state index contributed by atoms with van der Waals surface area (Å²) in [6.07, 6.45) is 6.63. The van der Waals surface area contributed by atoms with Crippen LogP contribution in [0.3, 0.4) is 0 Å². The van der Waals surface area contributed by atoms with Crippen LogP contribution in [0.2, 0.25) is 0 Å². The van der Waals surface area contributed by atoms with Crippen LogP contribution in [0.25, 0.3) is 11.0 Å². The number of halogens is 2. The van der Waals surface area contributed by atoms with Crippen LogP contribution in [0.5, 0.6) is 5.75 Å². The van der Waals surface area contributed by atoms with E-state index in [1.165, 1.54) is 11.1 Å². The first-order valence-electron chi connectivity index (χ1n) is 11.5. The van der Waals surface area contributed by atoms with Gasteiger partial charge in [0.2, 0.25) is 0 Å². The van der Waals surface area contributed by atoms with Crippen molar-refractivity contribution in [3.05, 3.63) is 58.0 Å². The topological polar surface area (TPSA) is 72.3 Å². The molecule has 34 heavy (non-hydrogen) atoms. The van der Waals surface area contributed by atoms with Gasteiger partial charge >= 0.3 is 0 Å². The number of nitrogens with zero attached hydrogens (tertiary/aromatic N) is 4. The maximum Gasteiger partial charge on any atom is 0.251 e. The third-order valence-corrected chi connectivity index (χ3v) is 7.90. The zero-order chi connectivity index (χ0) is 22.4. The lowest BCUT2D eigenvalue weighted by molar-refractivity contribution is 0.167. The van der Waals surface area contributed by atoms with Gasteiger partial charge in [-0.05, 0) is 50.9 Å². The second kappa shape index (κ2) is 9.81. The molecule has 1 unspecified atom stereocenters. The fraction of sp³-hybridized carbons (Fsp3) is 0.458. The molecular formula is C24H27ClFN5O2S. The third-order valence-electron chi connectivity index (χ3n) is 7.03. The van der Waals surface area contributed by atoms with Crippen molar-refractivity contribution >= 4 is 35.2 Å². The molecule has 1 atom stereocenters. The highest BCUT2D eigenvalue weighted by Crippen LogP contribution is 2.35. The Bertz CT molecular complexity index is 1260. The second-order valence-electron chi connectivity index (χ2n) is 9.04. The fourth-order valence-corrected chi connectivity index (χ4v) is 6.07. The van der Waals surface area contributed by atoms with Gasteiger partial charge in [0.15, 0.2) is 5.75 Å². The standard InChI is InChI=1S/C24H26FN5O2S.ClH/c25-19-11-28-20-3-4-23(31)30-17(1-2-18(19)24(20)30)13-29-7-5-15(6-8-29)26-10-16-9-22-21(12-27-16)32-14-33-22;/h3-4,9,11-12,15,17,26H,1-2,5-8,10,13-14H2;1H. The number of ether oxygens (including phenoxy) is 1. The largest absolute Gasteiger partial charge is 0.480 e. The molecule has 3 aromatic heterocycles. The summed E-state index contributed by atoms with van der Waals surface area (Å²) in [5.74, 6) is 1.25. The normalized spacial score (nSPS) is 20.1. The number of rotatable bonds is 5. The summed E-state index contributed by atoms with van der Waals surface area (Å²) in [4.78, 5) is 25.0. The van der Waals surface area contributed by atoms with Crippen LogP contribution in [-0.4, -0.2) is 51.0 Å². The number of fused-ring (bicyclic) bond motifs is 1. The van der Waals surface area contributed by atoms with Crippen molar-refractivity contribution in [1.29, 1.82) is 0 Å². The molecule has 0 aliphatic carbocycles. The number of pyridine rings is 3. The monoisotopic (exact) mass is 503 g/mol. The number of thioether (sulfide) groups is 1. The van der Waals surface area contributed by atoms with E-state index in [-0.39, 0.29) is 29.8 Å². The molecule has 0 radical (unpaired) electrons. The van der Waals surface area contributed by atoms with Gasteiger partial charge in [-0.1, -0.05) is 11.8 Å². The Kier molecular flexibility index (Phi) is 6.79. The van der Waals surface area contributed by atoms with E-state index in [9.17, 15) is 9.18 Å². The van der Waals surface area contributed by atoms with Gasteiger partial charge in [-0.15, -0.1) is 12.4 Å². The SMILES string of the molecule is Cl.O=c1ccc2ncc(F)c3c2n1C(CN1CCC(NCc2cc4c(cn2)OCS4)CC1)CC3. The molecule has 0 amide bonds. The van der Waals surface area contributed by atoms with E-state index in [1.54, 1.807) is 28.5 Å². The molecule has 3 aliphatic rings. The zero-order valence-corrected chi connectivity index (χ0v) is 20.3. The second-order valence-corrected chi connectivity index (χ2v) is 10.0. The number of nitrogens with one attached hydrogen (secondary N) is 1. The summed E-state index contributed by atoms with van der Waals surface area (Å²) in [7, 11) is 0. The number of likely N-dealkylation sites (tertiary alicyclic amines) is 1. The van der Waals surface area contributed by atoms with Crippen molar-refractivity contribution < 1.29 is 9.13 Å². The molecular weight excluding hydrogens is 477 g/mol. The number of hydrogen-bond donors (Lipinski definition) is 1. The van der Waals surface area contributed by atoms with Crippen LogP contribution in [-0.2, 0) is 13.0 Å². The van der Waals surface area contributed by atoms with Gasteiger partial charge in [-0.25, -0.2) is 4.39 Å². The van der Waals surface area contributed by atoms with Gasteiger partial charge in [0, 0.05) is 30.8 Å². The summed E-state index contributed by atoms with van der Waals surface area (Å²) in [6, 6.07) is 5.89. The predicted molar refractivity (Wildman–Crippen MR) is 132 cm³/mol. The van der Waals surface area contributed by atoms with Crippen LogP contribution in [0.1, 0.15) is 36.6 Å². The van der Waals surface area contributed by atoms with Crippen molar-refractivity contribution in [3.63, 3.8) is 0 Å². The van der Waals surface area contributed by atoms with E-state index in [4.69, 9.17) is 4.74 Å². The van der Waals surface area contributed by atoms with Gasteiger partial charge < -0.3 is 19.5 Å². The maximum atomic E-state index is 14.3. The van der Waals surface area contributed by atoms with Gasteiger partial charge in [0.05, 0.1) is 40.1 Å². The van der Waals surface area contributed by atoms with Crippen LogP contribution in [0.15, 0.2) is 40.3 Å². The lowest BCUT2D eigenvalue weighted by Gasteiger charge is -2.36. The average molecular weight is 504 g/mol. The first kappa shape index (κ1) is 23.5. The molecule has 10 heteroatoms. The van der Waals surface area contributed by atoms with Gasteiger partial charge in [-0.2, -0.15) is 0 Å². The van der Waals surface area contributed by atoms with E-state index in [0.29, 0.717) is 35.0 Å². The molecule has 7 nitrogen and oxygen atoms in total. The summed E-state index contributed by atoms with van der Waals surface area (Å²) >= 11 is 1.71. The molecule has 3 aliphatic heterocycles. The Hall–Kier alpha value is -2.20. The Morgan fingerprint density at radius 3 is 2.88 bits per heavy atom. The molecule has 0 aromatic carbocycles. The Morgan fingerprint density at radius 1 is 1.18 bits per heavy atom. The van der Waals surface area contributed by atoms with Crippen molar-refractivity contribution in [2.24, 2.45) is 0 Å². The van der Waals surface area contributed by atoms with E-state index < -0.39 is 0 Å². The molecule has 1 N–H and O–H groups in total. The van der Waals surface area contributed by atoms with Gasteiger partial charge in [0.1, 0.15) is 11.8 Å². The maximum absolute atomic E-state index is 14.3. The Labute approximate surface area is 207 Å². The smallest absolute Gasteiger partial charge is 0.251 e. The van der Waals surface area contributed by atoms with E-state index in [2.05, 4.69) is 26.3 Å². The predicted octanol–water partition coefficient (Wildman–Crippen LogP) is 3.54. The molecule has 1 saturated heterocycles. The number of aryl methyl sites for hydroxylation is 1. The average Bonchev–Trinajstić information content (AvgIpc) is 3.31. The minimum atomic E-state index is -0.309. The lowest BCUT2D eigenvalue weighted by atomic mass is 9.96. The highest BCUT2D eigenvalue weighted by atomic mass is 35.5. The number of aromatic nitrogens is 3. The van der Waals surface area contributed by atoms with Gasteiger partial charge in [-0.3, -0.25) is 14.8 Å². The summed E-state index contributed by atoms with van der Waals surface area (Å²) in [5.41, 5.74) is 2.98. The fourth-order valence-electron chi connectivity index (χ4n) is 5.28. The quantitative estimate of drug-likeness (QED) is 0.571. The molecule has 1 fully saturated rings. The molecule has 0 spiro atoms. The van der Waals surface area contributed by atoms with Crippen molar-refractivity contribution in [2.75, 3.05) is 25.6 Å². The molecule has 3 aromatic rings.